The molecule has 0 unspecified atom stereocenters. The maximum Gasteiger partial charge on any atom is 0.280 e. The van der Waals surface area contributed by atoms with Gasteiger partial charge in [0.1, 0.15) is 10.3 Å². The van der Waals surface area contributed by atoms with E-state index in [9.17, 15) is 8.78 Å². The summed E-state index contributed by atoms with van der Waals surface area (Å²) in [6.45, 7) is 0.118. The molecule has 1 rings (SSSR count). The van der Waals surface area contributed by atoms with E-state index >= 15 is 0 Å². The van der Waals surface area contributed by atoms with E-state index < -0.39 is 6.43 Å². The fraction of sp³-hybridized carbons (Fsp3) is 0.286. The lowest BCUT2D eigenvalue weighted by atomic mass is 10.2. The first-order valence-electron chi connectivity index (χ1n) is 3.49. The quantitative estimate of drug-likeness (QED) is 0.789. The van der Waals surface area contributed by atoms with Gasteiger partial charge in [0.25, 0.3) is 6.43 Å². The molecule has 1 aromatic rings. The Morgan fingerprint density at radius 3 is 2.62 bits per heavy atom. The molecule has 0 amide bonds. The molecule has 0 aliphatic carbocycles. The first kappa shape index (κ1) is 10.3. The minimum Gasteiger partial charge on any atom is -0.396 e. The lowest BCUT2D eigenvalue weighted by Gasteiger charge is -2.07. The fourth-order valence-corrected chi connectivity index (χ4v) is 1.33. The highest BCUT2D eigenvalue weighted by molar-refractivity contribution is 9.10. The maximum atomic E-state index is 12.2. The van der Waals surface area contributed by atoms with E-state index in [0.717, 1.165) is 0 Å². The van der Waals surface area contributed by atoms with Gasteiger partial charge in [-0.05, 0) is 27.6 Å². The van der Waals surface area contributed by atoms with Crippen LogP contribution in [0.15, 0.2) is 10.7 Å². The van der Waals surface area contributed by atoms with Gasteiger partial charge in [-0.3, -0.25) is 0 Å². The molecule has 72 valence electrons. The maximum absolute atomic E-state index is 12.2. The Kier molecular flexibility index (Phi) is 3.16. The van der Waals surface area contributed by atoms with Crippen LogP contribution in [0.1, 0.15) is 17.7 Å². The molecule has 0 aliphatic heterocycles. The molecule has 0 spiro atoms. The van der Waals surface area contributed by atoms with Crippen molar-refractivity contribution in [1.29, 1.82) is 0 Å². The summed E-state index contributed by atoms with van der Waals surface area (Å²) in [5.74, 6) is 0. The van der Waals surface area contributed by atoms with Crippen LogP contribution in [0.2, 0.25) is 0 Å². The van der Waals surface area contributed by atoms with E-state index in [0.29, 0.717) is 11.3 Å². The molecule has 0 bridgehead atoms. The van der Waals surface area contributed by atoms with Crippen LogP contribution in [0.4, 0.5) is 14.5 Å². The number of hydrogen-bond acceptors (Lipinski definition) is 3. The second kappa shape index (κ2) is 3.97. The van der Waals surface area contributed by atoms with E-state index in [4.69, 9.17) is 11.5 Å². The van der Waals surface area contributed by atoms with E-state index in [1.54, 1.807) is 0 Å². The van der Waals surface area contributed by atoms with Gasteiger partial charge in [-0.25, -0.2) is 13.8 Å². The van der Waals surface area contributed by atoms with E-state index in [1.165, 1.54) is 6.07 Å². The van der Waals surface area contributed by atoms with Crippen molar-refractivity contribution in [2.45, 2.75) is 13.0 Å². The van der Waals surface area contributed by atoms with Crippen molar-refractivity contribution < 1.29 is 8.78 Å². The van der Waals surface area contributed by atoms with Crippen LogP contribution >= 0.6 is 15.9 Å². The summed E-state index contributed by atoms with van der Waals surface area (Å²) in [6.07, 6.45) is -2.61. The summed E-state index contributed by atoms with van der Waals surface area (Å²) in [7, 11) is 0. The van der Waals surface area contributed by atoms with Gasteiger partial charge in [0.2, 0.25) is 0 Å². The summed E-state index contributed by atoms with van der Waals surface area (Å²) >= 11 is 2.98. The smallest absolute Gasteiger partial charge is 0.280 e. The van der Waals surface area contributed by atoms with Crippen LogP contribution in [-0.2, 0) is 6.54 Å². The molecular formula is C7H8BrF2N3. The van der Waals surface area contributed by atoms with Gasteiger partial charge < -0.3 is 11.5 Å². The molecule has 13 heavy (non-hydrogen) atoms. The van der Waals surface area contributed by atoms with Crippen molar-refractivity contribution >= 4 is 21.6 Å². The predicted molar refractivity (Wildman–Crippen MR) is 49.2 cm³/mol. The molecule has 0 aromatic carbocycles. The van der Waals surface area contributed by atoms with Gasteiger partial charge in [-0.2, -0.15) is 0 Å². The third kappa shape index (κ3) is 2.13. The summed E-state index contributed by atoms with van der Waals surface area (Å²) in [4.78, 5) is 3.57. The van der Waals surface area contributed by atoms with E-state index in [1.807, 2.05) is 0 Å². The first-order valence-corrected chi connectivity index (χ1v) is 4.28. The molecular weight excluding hydrogens is 244 g/mol. The zero-order valence-electron chi connectivity index (χ0n) is 6.60. The number of nitrogen functional groups attached to an aromatic ring is 1. The number of hydrogen-bond donors (Lipinski definition) is 2. The van der Waals surface area contributed by atoms with Gasteiger partial charge in [0, 0.05) is 6.54 Å². The van der Waals surface area contributed by atoms with Crippen LogP contribution in [0, 0.1) is 0 Å². The lowest BCUT2D eigenvalue weighted by Crippen LogP contribution is -2.05. The predicted octanol–water partition coefficient (Wildman–Crippen LogP) is 1.82. The Balaban J connectivity index is 3.22. The summed E-state index contributed by atoms with van der Waals surface area (Å²) in [6, 6.07) is 1.21. The normalized spacial score (nSPS) is 10.8. The van der Waals surface area contributed by atoms with Crippen molar-refractivity contribution in [3.05, 3.63) is 21.9 Å². The lowest BCUT2D eigenvalue weighted by molar-refractivity contribution is 0.146. The number of anilines is 1. The van der Waals surface area contributed by atoms with Crippen molar-refractivity contribution in [1.82, 2.24) is 4.98 Å². The van der Waals surface area contributed by atoms with Crippen molar-refractivity contribution in [3.8, 4) is 0 Å². The number of aromatic nitrogens is 1. The van der Waals surface area contributed by atoms with Gasteiger partial charge in [0.15, 0.2) is 0 Å². The molecule has 4 N–H and O–H groups in total. The molecule has 0 aliphatic rings. The second-order valence-electron chi connectivity index (χ2n) is 2.42. The highest BCUT2D eigenvalue weighted by Crippen LogP contribution is 2.26. The molecule has 6 heteroatoms. The minimum absolute atomic E-state index is 0.118. The van der Waals surface area contributed by atoms with Gasteiger partial charge >= 0.3 is 0 Å². The van der Waals surface area contributed by atoms with Crippen molar-refractivity contribution in [3.63, 3.8) is 0 Å². The van der Waals surface area contributed by atoms with Crippen LogP contribution in [0.3, 0.4) is 0 Å². The van der Waals surface area contributed by atoms with E-state index in [-0.39, 0.29) is 16.8 Å². The van der Waals surface area contributed by atoms with Gasteiger partial charge in [-0.15, -0.1) is 0 Å². The highest BCUT2D eigenvalue weighted by Gasteiger charge is 2.13. The molecule has 1 heterocycles. The molecule has 0 fully saturated rings. The zero-order chi connectivity index (χ0) is 10.0. The Labute approximate surface area is 82.3 Å². The van der Waals surface area contributed by atoms with Crippen LogP contribution in [-0.4, -0.2) is 4.98 Å². The third-order valence-corrected chi connectivity index (χ3v) is 2.17. The average molecular weight is 252 g/mol. The summed E-state index contributed by atoms with van der Waals surface area (Å²) in [5, 5.41) is 0. The SMILES string of the molecule is NCc1cc(C(F)F)nc(Br)c1N. The Hall–Kier alpha value is -0.750. The number of nitrogens with zero attached hydrogens (tertiary/aromatic N) is 1. The number of rotatable bonds is 2. The number of halogens is 3. The summed E-state index contributed by atoms with van der Waals surface area (Å²) in [5.41, 5.74) is 11.3. The van der Waals surface area contributed by atoms with Crippen LogP contribution in [0.5, 0.6) is 0 Å². The number of pyridine rings is 1. The van der Waals surface area contributed by atoms with Crippen molar-refractivity contribution in [2.75, 3.05) is 5.73 Å². The fourth-order valence-electron chi connectivity index (χ4n) is 0.875. The Morgan fingerprint density at radius 1 is 1.54 bits per heavy atom. The monoisotopic (exact) mass is 251 g/mol. The van der Waals surface area contributed by atoms with Crippen molar-refractivity contribution in [2.24, 2.45) is 5.73 Å². The standard InChI is InChI=1S/C7H8BrF2N3/c8-6-5(12)3(2-11)1-4(13-6)7(9)10/h1,7H,2,11-12H2. The minimum atomic E-state index is -2.61. The third-order valence-electron chi connectivity index (χ3n) is 1.56. The van der Waals surface area contributed by atoms with Crippen LogP contribution < -0.4 is 11.5 Å². The Morgan fingerprint density at radius 2 is 2.15 bits per heavy atom. The summed E-state index contributed by atoms with van der Waals surface area (Å²) < 4.78 is 24.7. The molecule has 0 saturated heterocycles. The largest absolute Gasteiger partial charge is 0.396 e. The molecule has 0 atom stereocenters. The van der Waals surface area contributed by atoms with Crippen LogP contribution in [0.25, 0.3) is 0 Å². The van der Waals surface area contributed by atoms with Gasteiger partial charge in [0.05, 0.1) is 5.69 Å². The zero-order valence-corrected chi connectivity index (χ0v) is 8.18. The second-order valence-corrected chi connectivity index (χ2v) is 3.17. The average Bonchev–Trinajstić information content (AvgIpc) is 2.09. The Bertz CT molecular complexity index is 317. The van der Waals surface area contributed by atoms with E-state index in [2.05, 4.69) is 20.9 Å². The molecule has 0 radical (unpaired) electrons. The highest BCUT2D eigenvalue weighted by atomic mass is 79.9. The van der Waals surface area contributed by atoms with Gasteiger partial charge in [-0.1, -0.05) is 0 Å². The topological polar surface area (TPSA) is 64.9 Å². The molecule has 1 aromatic heterocycles. The number of alkyl halides is 2. The number of nitrogens with two attached hydrogens (primary N) is 2. The molecule has 0 saturated carbocycles. The first-order chi connectivity index (χ1) is 6.06. The molecule has 3 nitrogen and oxygen atoms in total.